The molecule has 1 atom stereocenters. The molecule has 7 heteroatoms. The van der Waals surface area contributed by atoms with Crippen LogP contribution < -0.4 is 5.32 Å². The molecule has 1 saturated heterocycles. The summed E-state index contributed by atoms with van der Waals surface area (Å²) in [5.74, 6) is -0.836. The molecule has 0 saturated carbocycles. The molecule has 1 aliphatic rings. The van der Waals surface area contributed by atoms with Crippen LogP contribution in [0.2, 0.25) is 0 Å². The Kier molecular flexibility index (Phi) is 6.40. The van der Waals surface area contributed by atoms with Gasteiger partial charge in [-0.25, -0.2) is 9.37 Å². The van der Waals surface area contributed by atoms with E-state index in [9.17, 15) is 14.0 Å². The Morgan fingerprint density at radius 1 is 1.10 bits per heavy atom. The second-order valence-electron chi connectivity index (χ2n) is 7.82. The first-order chi connectivity index (χ1) is 15.1. The lowest BCUT2D eigenvalue weighted by Crippen LogP contribution is -2.45. The maximum absolute atomic E-state index is 13.1. The fourth-order valence-corrected chi connectivity index (χ4v) is 3.94. The van der Waals surface area contributed by atoms with Gasteiger partial charge in [-0.3, -0.25) is 9.59 Å². The Hall–Kier alpha value is -3.48. The minimum atomic E-state index is -0.374. The molecule has 2 amide bonds. The quantitative estimate of drug-likeness (QED) is 0.666. The van der Waals surface area contributed by atoms with E-state index >= 15 is 0 Å². The van der Waals surface area contributed by atoms with Gasteiger partial charge < -0.3 is 14.8 Å². The Morgan fingerprint density at radius 3 is 2.61 bits per heavy atom. The molecule has 3 aromatic rings. The van der Waals surface area contributed by atoms with Crippen LogP contribution in [0.4, 0.5) is 4.39 Å². The summed E-state index contributed by atoms with van der Waals surface area (Å²) in [4.78, 5) is 31.3. The number of imidazole rings is 1. The average Bonchev–Trinajstić information content (AvgIpc) is 3.31. The topological polar surface area (TPSA) is 67.2 Å². The van der Waals surface area contributed by atoms with Crippen LogP contribution in [0.5, 0.6) is 0 Å². The number of carbonyl (C=O) groups is 2. The largest absolute Gasteiger partial charge is 0.352 e. The minimum absolute atomic E-state index is 0.0472. The first-order valence-electron chi connectivity index (χ1n) is 10.5. The zero-order valence-electron chi connectivity index (χ0n) is 17.2. The van der Waals surface area contributed by atoms with Crippen molar-refractivity contribution in [3.05, 3.63) is 89.8 Å². The Bertz CT molecular complexity index is 1030. The van der Waals surface area contributed by atoms with Crippen molar-refractivity contribution in [3.8, 4) is 0 Å². The van der Waals surface area contributed by atoms with E-state index in [1.54, 1.807) is 17.4 Å². The number of hydrogen-bond donors (Lipinski definition) is 1. The number of amides is 2. The number of aromatic nitrogens is 2. The van der Waals surface area contributed by atoms with E-state index in [0.717, 1.165) is 24.0 Å². The van der Waals surface area contributed by atoms with Crippen LogP contribution in [-0.4, -0.2) is 39.4 Å². The van der Waals surface area contributed by atoms with Gasteiger partial charge in [0.1, 0.15) is 5.82 Å². The fourth-order valence-electron chi connectivity index (χ4n) is 3.94. The van der Waals surface area contributed by atoms with E-state index in [-0.39, 0.29) is 23.5 Å². The van der Waals surface area contributed by atoms with Crippen LogP contribution >= 0.6 is 0 Å². The first kappa shape index (κ1) is 20.8. The number of piperidine rings is 1. The zero-order chi connectivity index (χ0) is 21.6. The molecule has 160 valence electrons. The maximum atomic E-state index is 13.1. The molecule has 2 aromatic carbocycles. The van der Waals surface area contributed by atoms with E-state index in [4.69, 9.17) is 0 Å². The standard InChI is InChI=1S/C24H25FN4O2/c25-22-9-7-18(8-10-22)24(31)29-12-3-6-21(16-29)23(30)27-14-19-4-1-2-5-20(19)15-28-13-11-26-17-28/h1-2,4-5,7-11,13,17,21H,3,6,12,14-16H2,(H,27,30)/t21-/m0/s1. The van der Waals surface area contributed by atoms with Crippen molar-refractivity contribution in [3.63, 3.8) is 0 Å². The Labute approximate surface area is 180 Å². The molecule has 0 unspecified atom stereocenters. The van der Waals surface area contributed by atoms with Gasteiger partial charge in [0.15, 0.2) is 0 Å². The van der Waals surface area contributed by atoms with Gasteiger partial charge in [0.25, 0.3) is 5.91 Å². The SMILES string of the molecule is O=C(NCc1ccccc1Cn1ccnc1)[C@H]1CCCN(C(=O)c2ccc(F)cc2)C1. The number of likely N-dealkylation sites (tertiary alicyclic amines) is 1. The minimum Gasteiger partial charge on any atom is -0.352 e. The van der Waals surface area contributed by atoms with E-state index in [1.807, 2.05) is 35.0 Å². The lowest BCUT2D eigenvalue weighted by molar-refractivity contribution is -0.126. The summed E-state index contributed by atoms with van der Waals surface area (Å²) in [5, 5.41) is 3.04. The molecule has 4 rings (SSSR count). The molecule has 31 heavy (non-hydrogen) atoms. The van der Waals surface area contributed by atoms with Crippen LogP contribution in [0.15, 0.2) is 67.3 Å². The normalized spacial score (nSPS) is 16.2. The smallest absolute Gasteiger partial charge is 0.253 e. The van der Waals surface area contributed by atoms with E-state index < -0.39 is 0 Å². The van der Waals surface area contributed by atoms with E-state index in [1.165, 1.54) is 24.3 Å². The fraction of sp³-hybridized carbons (Fsp3) is 0.292. The van der Waals surface area contributed by atoms with E-state index in [0.29, 0.717) is 31.7 Å². The van der Waals surface area contributed by atoms with Crippen LogP contribution in [0, 0.1) is 11.7 Å². The zero-order valence-corrected chi connectivity index (χ0v) is 17.2. The molecule has 1 N–H and O–H groups in total. The molecule has 0 aliphatic carbocycles. The summed E-state index contributed by atoms with van der Waals surface area (Å²) in [6.07, 6.45) is 6.93. The summed E-state index contributed by atoms with van der Waals surface area (Å²) in [5.41, 5.74) is 2.62. The van der Waals surface area contributed by atoms with Gasteiger partial charge in [-0.05, 0) is 48.2 Å². The monoisotopic (exact) mass is 420 g/mol. The maximum Gasteiger partial charge on any atom is 0.253 e. The van der Waals surface area contributed by atoms with Gasteiger partial charge in [-0.2, -0.15) is 0 Å². The number of halogens is 1. The van der Waals surface area contributed by atoms with Crippen molar-refractivity contribution in [1.29, 1.82) is 0 Å². The number of rotatable bonds is 6. The Balaban J connectivity index is 1.36. The lowest BCUT2D eigenvalue weighted by atomic mass is 9.96. The summed E-state index contributed by atoms with van der Waals surface area (Å²) < 4.78 is 15.1. The van der Waals surface area contributed by atoms with Gasteiger partial charge in [-0.1, -0.05) is 24.3 Å². The summed E-state index contributed by atoms with van der Waals surface area (Å²) in [6, 6.07) is 13.5. The molecular weight excluding hydrogens is 395 g/mol. The first-order valence-corrected chi connectivity index (χ1v) is 10.5. The number of nitrogens with one attached hydrogen (secondary N) is 1. The lowest BCUT2D eigenvalue weighted by Gasteiger charge is -2.32. The molecule has 2 heterocycles. The molecule has 0 spiro atoms. The molecule has 0 radical (unpaired) electrons. The van der Waals surface area contributed by atoms with Gasteiger partial charge in [-0.15, -0.1) is 0 Å². The van der Waals surface area contributed by atoms with Crippen molar-refractivity contribution in [1.82, 2.24) is 19.8 Å². The van der Waals surface area contributed by atoms with Gasteiger partial charge in [0, 0.05) is 44.1 Å². The third kappa shape index (κ3) is 5.17. The van der Waals surface area contributed by atoms with Crippen LogP contribution in [0.25, 0.3) is 0 Å². The van der Waals surface area contributed by atoms with Gasteiger partial charge in [0.2, 0.25) is 5.91 Å². The Morgan fingerprint density at radius 2 is 1.87 bits per heavy atom. The average molecular weight is 420 g/mol. The second-order valence-corrected chi connectivity index (χ2v) is 7.82. The van der Waals surface area contributed by atoms with Crippen molar-refractivity contribution in [2.24, 2.45) is 5.92 Å². The number of nitrogens with zero attached hydrogens (tertiary/aromatic N) is 3. The molecule has 1 fully saturated rings. The van der Waals surface area contributed by atoms with Crippen molar-refractivity contribution in [2.45, 2.75) is 25.9 Å². The third-order valence-electron chi connectivity index (χ3n) is 5.65. The van der Waals surface area contributed by atoms with Crippen LogP contribution in [0.1, 0.15) is 34.3 Å². The van der Waals surface area contributed by atoms with Crippen LogP contribution in [-0.2, 0) is 17.9 Å². The number of hydrogen-bond acceptors (Lipinski definition) is 3. The highest BCUT2D eigenvalue weighted by atomic mass is 19.1. The van der Waals surface area contributed by atoms with Gasteiger partial charge in [0.05, 0.1) is 12.2 Å². The highest BCUT2D eigenvalue weighted by molar-refractivity contribution is 5.94. The predicted octanol–water partition coefficient (Wildman–Crippen LogP) is 3.24. The number of carbonyl (C=O) groups excluding carboxylic acids is 2. The van der Waals surface area contributed by atoms with Crippen molar-refractivity contribution < 1.29 is 14.0 Å². The summed E-state index contributed by atoms with van der Waals surface area (Å²) in [6.45, 7) is 2.11. The highest BCUT2D eigenvalue weighted by Gasteiger charge is 2.28. The van der Waals surface area contributed by atoms with Gasteiger partial charge >= 0.3 is 0 Å². The summed E-state index contributed by atoms with van der Waals surface area (Å²) in [7, 11) is 0. The van der Waals surface area contributed by atoms with Crippen molar-refractivity contribution in [2.75, 3.05) is 13.1 Å². The van der Waals surface area contributed by atoms with E-state index in [2.05, 4.69) is 10.3 Å². The molecular formula is C24H25FN4O2. The second kappa shape index (κ2) is 9.55. The predicted molar refractivity (Wildman–Crippen MR) is 115 cm³/mol. The highest BCUT2D eigenvalue weighted by Crippen LogP contribution is 2.20. The number of benzene rings is 2. The molecule has 6 nitrogen and oxygen atoms in total. The summed E-state index contributed by atoms with van der Waals surface area (Å²) >= 11 is 0. The molecule has 1 aromatic heterocycles. The molecule has 1 aliphatic heterocycles. The molecule has 0 bridgehead atoms. The third-order valence-corrected chi connectivity index (χ3v) is 5.65. The van der Waals surface area contributed by atoms with Crippen LogP contribution in [0.3, 0.4) is 0 Å². The van der Waals surface area contributed by atoms with Crippen molar-refractivity contribution >= 4 is 11.8 Å².